The Morgan fingerprint density at radius 3 is 2.50 bits per heavy atom. The third kappa shape index (κ3) is 3.66. The van der Waals surface area contributed by atoms with E-state index in [4.69, 9.17) is 16.3 Å². The summed E-state index contributed by atoms with van der Waals surface area (Å²) in [6, 6.07) is 17.2. The van der Waals surface area contributed by atoms with E-state index >= 15 is 0 Å². The fourth-order valence-corrected chi connectivity index (χ4v) is 2.60. The van der Waals surface area contributed by atoms with Gasteiger partial charge in [-0.25, -0.2) is 4.68 Å². The van der Waals surface area contributed by atoms with E-state index in [1.54, 1.807) is 11.6 Å². The van der Waals surface area contributed by atoms with Gasteiger partial charge in [-0.2, -0.15) is 5.10 Å². The van der Waals surface area contributed by atoms with E-state index in [0.29, 0.717) is 11.6 Å². The molecule has 0 fully saturated rings. The van der Waals surface area contributed by atoms with Crippen LogP contribution in [0.3, 0.4) is 0 Å². The number of esters is 1. The number of ether oxygens (including phenoxy) is 1. The van der Waals surface area contributed by atoms with Crippen molar-refractivity contribution in [2.24, 2.45) is 0 Å². The summed E-state index contributed by atoms with van der Waals surface area (Å²) < 4.78 is 6.85. The number of hydrogen-bond acceptors (Lipinski definition) is 3. The SMILES string of the molecule is CCOC(=O)Cc1cn(-c2ccccc2)nc1-c1ccc(Cl)cc1. The maximum atomic E-state index is 11.9. The van der Waals surface area contributed by atoms with Gasteiger partial charge in [0, 0.05) is 22.3 Å². The van der Waals surface area contributed by atoms with Crippen molar-refractivity contribution in [3.63, 3.8) is 0 Å². The Balaban J connectivity index is 2.02. The van der Waals surface area contributed by atoms with Crippen LogP contribution in [0.5, 0.6) is 0 Å². The Morgan fingerprint density at radius 1 is 1.12 bits per heavy atom. The molecule has 0 unspecified atom stereocenters. The number of carbonyl (C=O) groups is 1. The molecule has 0 atom stereocenters. The van der Waals surface area contributed by atoms with Crippen LogP contribution in [-0.4, -0.2) is 22.4 Å². The Morgan fingerprint density at radius 2 is 1.83 bits per heavy atom. The molecule has 0 spiro atoms. The first-order valence-electron chi connectivity index (χ1n) is 7.73. The van der Waals surface area contributed by atoms with Gasteiger partial charge in [0.25, 0.3) is 0 Å². The van der Waals surface area contributed by atoms with Crippen LogP contribution >= 0.6 is 11.6 Å². The quantitative estimate of drug-likeness (QED) is 0.650. The second-order valence-electron chi connectivity index (χ2n) is 5.27. The molecule has 4 nitrogen and oxygen atoms in total. The smallest absolute Gasteiger partial charge is 0.310 e. The van der Waals surface area contributed by atoms with Crippen LogP contribution in [0.2, 0.25) is 5.02 Å². The maximum absolute atomic E-state index is 11.9. The van der Waals surface area contributed by atoms with Crippen LogP contribution < -0.4 is 0 Å². The zero-order chi connectivity index (χ0) is 16.9. The van der Waals surface area contributed by atoms with Gasteiger partial charge in [-0.3, -0.25) is 4.79 Å². The Bertz CT molecular complexity index is 826. The number of halogens is 1. The van der Waals surface area contributed by atoms with Crippen LogP contribution in [0.4, 0.5) is 0 Å². The number of para-hydroxylation sites is 1. The van der Waals surface area contributed by atoms with Gasteiger partial charge < -0.3 is 4.74 Å². The van der Waals surface area contributed by atoms with Gasteiger partial charge in [-0.15, -0.1) is 0 Å². The minimum atomic E-state index is -0.264. The molecule has 3 rings (SSSR count). The topological polar surface area (TPSA) is 44.1 Å². The summed E-state index contributed by atoms with van der Waals surface area (Å²) in [4.78, 5) is 11.9. The summed E-state index contributed by atoms with van der Waals surface area (Å²) >= 11 is 5.97. The second kappa shape index (κ2) is 7.32. The molecule has 0 radical (unpaired) electrons. The highest BCUT2D eigenvalue weighted by Gasteiger charge is 2.16. The number of aromatic nitrogens is 2. The highest BCUT2D eigenvalue weighted by Crippen LogP contribution is 2.25. The van der Waals surface area contributed by atoms with E-state index in [9.17, 15) is 4.79 Å². The summed E-state index contributed by atoms with van der Waals surface area (Å²) in [7, 11) is 0. The predicted octanol–water partition coefficient (Wildman–Crippen LogP) is 4.30. The third-order valence-corrected chi connectivity index (χ3v) is 3.82. The molecule has 5 heteroatoms. The van der Waals surface area contributed by atoms with E-state index in [-0.39, 0.29) is 12.4 Å². The van der Waals surface area contributed by atoms with Crippen LogP contribution in [-0.2, 0) is 16.0 Å². The number of nitrogens with zero attached hydrogens (tertiary/aromatic N) is 2. The van der Waals surface area contributed by atoms with Crippen LogP contribution in [0.25, 0.3) is 16.9 Å². The Kier molecular flexibility index (Phi) is 4.96. The lowest BCUT2D eigenvalue weighted by Gasteiger charge is -2.03. The first kappa shape index (κ1) is 16.3. The molecule has 0 aliphatic heterocycles. The van der Waals surface area contributed by atoms with Gasteiger partial charge >= 0.3 is 5.97 Å². The van der Waals surface area contributed by atoms with E-state index in [0.717, 1.165) is 22.5 Å². The number of rotatable bonds is 5. The average molecular weight is 341 g/mol. The summed E-state index contributed by atoms with van der Waals surface area (Å²) in [6.45, 7) is 2.16. The predicted molar refractivity (Wildman–Crippen MR) is 94.3 cm³/mol. The summed E-state index contributed by atoms with van der Waals surface area (Å²) in [5.74, 6) is -0.264. The van der Waals surface area contributed by atoms with E-state index in [2.05, 4.69) is 5.10 Å². The molecule has 24 heavy (non-hydrogen) atoms. The number of benzene rings is 2. The van der Waals surface area contributed by atoms with Crippen molar-refractivity contribution in [3.05, 3.63) is 71.4 Å². The normalized spacial score (nSPS) is 10.6. The molecular weight excluding hydrogens is 324 g/mol. The Hall–Kier alpha value is -2.59. The lowest BCUT2D eigenvalue weighted by molar-refractivity contribution is -0.142. The molecule has 0 aliphatic carbocycles. The van der Waals surface area contributed by atoms with Crippen LogP contribution in [0, 0.1) is 0 Å². The number of hydrogen-bond donors (Lipinski definition) is 0. The minimum absolute atomic E-state index is 0.179. The van der Waals surface area contributed by atoms with Gasteiger partial charge in [0.2, 0.25) is 0 Å². The molecule has 2 aromatic carbocycles. The standard InChI is InChI=1S/C19H17ClN2O2/c1-2-24-18(23)12-15-13-22(17-6-4-3-5-7-17)21-19(15)14-8-10-16(20)11-9-14/h3-11,13H,2,12H2,1H3. The van der Waals surface area contributed by atoms with Crippen molar-refractivity contribution in [1.29, 1.82) is 0 Å². The van der Waals surface area contributed by atoms with Gasteiger partial charge in [0.15, 0.2) is 0 Å². The molecule has 0 N–H and O–H groups in total. The van der Waals surface area contributed by atoms with Gasteiger partial charge in [0.05, 0.1) is 24.4 Å². The van der Waals surface area contributed by atoms with E-state index < -0.39 is 0 Å². The molecule has 0 aliphatic rings. The second-order valence-corrected chi connectivity index (χ2v) is 5.71. The molecule has 0 amide bonds. The van der Waals surface area contributed by atoms with Gasteiger partial charge in [-0.1, -0.05) is 41.9 Å². The third-order valence-electron chi connectivity index (χ3n) is 3.57. The zero-order valence-electron chi connectivity index (χ0n) is 13.3. The van der Waals surface area contributed by atoms with Crippen molar-refractivity contribution in [2.75, 3.05) is 6.61 Å². The monoisotopic (exact) mass is 340 g/mol. The van der Waals surface area contributed by atoms with E-state index in [1.165, 1.54) is 0 Å². The van der Waals surface area contributed by atoms with Gasteiger partial charge in [0.1, 0.15) is 0 Å². The average Bonchev–Trinajstić information content (AvgIpc) is 3.00. The highest BCUT2D eigenvalue weighted by atomic mass is 35.5. The molecule has 122 valence electrons. The maximum Gasteiger partial charge on any atom is 0.310 e. The first-order valence-corrected chi connectivity index (χ1v) is 8.10. The molecule has 3 aromatic rings. The summed E-state index contributed by atoms with van der Waals surface area (Å²) in [5.41, 5.74) is 3.42. The van der Waals surface area contributed by atoms with Crippen LogP contribution in [0.1, 0.15) is 12.5 Å². The molecule has 0 bridgehead atoms. The molecule has 1 aromatic heterocycles. The molecular formula is C19H17ClN2O2. The minimum Gasteiger partial charge on any atom is -0.466 e. The fraction of sp³-hybridized carbons (Fsp3) is 0.158. The summed E-state index contributed by atoms with van der Waals surface area (Å²) in [6.07, 6.45) is 2.05. The van der Waals surface area contributed by atoms with Gasteiger partial charge in [-0.05, 0) is 31.2 Å². The fourth-order valence-electron chi connectivity index (χ4n) is 2.47. The largest absolute Gasteiger partial charge is 0.466 e. The van der Waals surface area contributed by atoms with Crippen LogP contribution in [0.15, 0.2) is 60.8 Å². The lowest BCUT2D eigenvalue weighted by atomic mass is 10.1. The first-order chi connectivity index (χ1) is 11.7. The summed E-state index contributed by atoms with van der Waals surface area (Å²) in [5, 5.41) is 5.32. The van der Waals surface area contributed by atoms with Crippen molar-refractivity contribution in [2.45, 2.75) is 13.3 Å². The zero-order valence-corrected chi connectivity index (χ0v) is 14.0. The van der Waals surface area contributed by atoms with Crippen molar-refractivity contribution >= 4 is 17.6 Å². The van der Waals surface area contributed by atoms with Crippen molar-refractivity contribution < 1.29 is 9.53 Å². The lowest BCUT2D eigenvalue weighted by Crippen LogP contribution is -2.07. The number of carbonyl (C=O) groups excluding carboxylic acids is 1. The molecule has 1 heterocycles. The van der Waals surface area contributed by atoms with E-state index in [1.807, 2.05) is 60.8 Å². The van der Waals surface area contributed by atoms with Crippen molar-refractivity contribution in [3.8, 4) is 16.9 Å². The molecule has 0 saturated heterocycles. The Labute approximate surface area is 145 Å². The van der Waals surface area contributed by atoms with Crippen molar-refractivity contribution in [1.82, 2.24) is 9.78 Å². The highest BCUT2D eigenvalue weighted by molar-refractivity contribution is 6.30. The molecule has 0 saturated carbocycles.